The third kappa shape index (κ3) is 4.30. The second kappa shape index (κ2) is 9.11. The molecule has 0 fully saturated rings. The Kier molecular flexibility index (Phi) is 6.57. The predicted molar refractivity (Wildman–Crippen MR) is 111 cm³/mol. The van der Waals surface area contributed by atoms with Gasteiger partial charge in [-0.2, -0.15) is 0 Å². The number of fused-ring (bicyclic) bond motifs is 1. The number of amides is 1. The van der Waals surface area contributed by atoms with Crippen molar-refractivity contribution in [2.75, 3.05) is 27.3 Å². The fraction of sp³-hybridized carbons (Fsp3) is 0.435. The van der Waals surface area contributed by atoms with E-state index in [9.17, 15) is 4.79 Å². The van der Waals surface area contributed by atoms with Gasteiger partial charge in [0.1, 0.15) is 0 Å². The standard InChI is InChI=1S/C23H30N2O3/c1-16(2)20(25-13-12-17-8-5-6-9-18(17)15-25)14-24-23(26)19-10-7-11-21(27-3)22(19)28-4/h5-11,16,20H,12-15H2,1-4H3,(H,24,26)/t20-/m0/s1. The number of carbonyl (C=O) groups excluding carboxylic acids is 1. The molecule has 2 aromatic carbocycles. The number of carbonyl (C=O) groups is 1. The zero-order chi connectivity index (χ0) is 20.1. The van der Waals surface area contributed by atoms with E-state index in [1.54, 1.807) is 32.4 Å². The summed E-state index contributed by atoms with van der Waals surface area (Å²) < 4.78 is 10.7. The van der Waals surface area contributed by atoms with Gasteiger partial charge in [0, 0.05) is 25.7 Å². The lowest BCUT2D eigenvalue weighted by molar-refractivity contribution is 0.0900. The van der Waals surface area contributed by atoms with Gasteiger partial charge >= 0.3 is 0 Å². The van der Waals surface area contributed by atoms with E-state index < -0.39 is 0 Å². The maximum atomic E-state index is 12.8. The molecule has 1 amide bonds. The van der Waals surface area contributed by atoms with Crippen molar-refractivity contribution in [3.63, 3.8) is 0 Å². The largest absolute Gasteiger partial charge is 0.493 e. The summed E-state index contributed by atoms with van der Waals surface area (Å²) in [6.45, 7) is 6.96. The van der Waals surface area contributed by atoms with Crippen molar-refractivity contribution in [1.82, 2.24) is 10.2 Å². The van der Waals surface area contributed by atoms with Crippen LogP contribution in [0.4, 0.5) is 0 Å². The third-order valence-corrected chi connectivity index (χ3v) is 5.52. The molecule has 28 heavy (non-hydrogen) atoms. The topological polar surface area (TPSA) is 50.8 Å². The van der Waals surface area contributed by atoms with Crippen LogP contribution < -0.4 is 14.8 Å². The molecule has 0 spiro atoms. The molecule has 0 unspecified atom stereocenters. The van der Waals surface area contributed by atoms with Gasteiger partial charge in [-0.3, -0.25) is 9.69 Å². The number of hydrogen-bond donors (Lipinski definition) is 1. The van der Waals surface area contributed by atoms with Crippen LogP contribution in [0.15, 0.2) is 42.5 Å². The van der Waals surface area contributed by atoms with Crippen LogP contribution >= 0.6 is 0 Å². The van der Waals surface area contributed by atoms with E-state index >= 15 is 0 Å². The van der Waals surface area contributed by atoms with Crippen LogP contribution in [0.2, 0.25) is 0 Å². The van der Waals surface area contributed by atoms with E-state index in [4.69, 9.17) is 9.47 Å². The Morgan fingerprint density at radius 1 is 1.07 bits per heavy atom. The smallest absolute Gasteiger partial charge is 0.255 e. The van der Waals surface area contributed by atoms with Crippen LogP contribution in [0.5, 0.6) is 11.5 Å². The number of nitrogens with one attached hydrogen (secondary N) is 1. The minimum Gasteiger partial charge on any atom is -0.493 e. The first-order valence-electron chi connectivity index (χ1n) is 9.85. The first kappa shape index (κ1) is 20.2. The molecule has 5 nitrogen and oxygen atoms in total. The van der Waals surface area contributed by atoms with E-state index in [1.807, 2.05) is 0 Å². The van der Waals surface area contributed by atoms with Gasteiger partial charge in [-0.15, -0.1) is 0 Å². The molecule has 2 aromatic rings. The molecule has 1 aliphatic heterocycles. The maximum Gasteiger partial charge on any atom is 0.255 e. The molecular weight excluding hydrogens is 352 g/mol. The van der Waals surface area contributed by atoms with Crippen LogP contribution in [-0.4, -0.2) is 44.2 Å². The minimum atomic E-state index is -0.140. The summed E-state index contributed by atoms with van der Waals surface area (Å²) in [5.74, 6) is 1.32. The quantitative estimate of drug-likeness (QED) is 0.796. The molecule has 0 radical (unpaired) electrons. The summed E-state index contributed by atoms with van der Waals surface area (Å²) in [5, 5.41) is 3.11. The molecular formula is C23H30N2O3. The van der Waals surface area contributed by atoms with Gasteiger partial charge in [0.2, 0.25) is 0 Å². The highest BCUT2D eigenvalue weighted by molar-refractivity contribution is 5.97. The molecule has 150 valence electrons. The minimum absolute atomic E-state index is 0.140. The Morgan fingerprint density at radius 2 is 1.82 bits per heavy atom. The molecule has 1 N–H and O–H groups in total. The lowest BCUT2D eigenvalue weighted by Crippen LogP contribution is -2.48. The van der Waals surface area contributed by atoms with Crippen LogP contribution in [0.3, 0.4) is 0 Å². The summed E-state index contributed by atoms with van der Waals surface area (Å²) in [6.07, 6.45) is 1.05. The molecule has 0 aliphatic carbocycles. The van der Waals surface area contributed by atoms with E-state index in [1.165, 1.54) is 11.1 Å². The Balaban J connectivity index is 1.70. The van der Waals surface area contributed by atoms with Crippen LogP contribution in [0.1, 0.15) is 35.3 Å². The molecule has 0 bridgehead atoms. The van der Waals surface area contributed by atoms with Gasteiger partial charge in [0.05, 0.1) is 19.8 Å². The van der Waals surface area contributed by atoms with Gasteiger partial charge in [0.25, 0.3) is 5.91 Å². The number of benzene rings is 2. The van der Waals surface area contributed by atoms with Gasteiger partial charge in [-0.1, -0.05) is 44.2 Å². The second-order valence-electron chi connectivity index (χ2n) is 7.55. The average molecular weight is 383 g/mol. The Bertz CT molecular complexity index is 819. The lowest BCUT2D eigenvalue weighted by Gasteiger charge is -2.38. The zero-order valence-corrected chi connectivity index (χ0v) is 17.2. The lowest BCUT2D eigenvalue weighted by atomic mass is 9.95. The first-order valence-corrected chi connectivity index (χ1v) is 9.85. The monoisotopic (exact) mass is 382 g/mol. The van der Waals surface area contributed by atoms with E-state index in [0.29, 0.717) is 29.5 Å². The number of methoxy groups -OCH3 is 2. The predicted octanol–water partition coefficient (Wildman–Crippen LogP) is 3.52. The Hall–Kier alpha value is -2.53. The Labute approximate surface area is 167 Å². The van der Waals surface area contributed by atoms with Gasteiger partial charge < -0.3 is 14.8 Å². The molecule has 1 aliphatic rings. The van der Waals surface area contributed by atoms with Crippen molar-refractivity contribution in [1.29, 1.82) is 0 Å². The number of rotatable bonds is 7. The number of ether oxygens (including phenoxy) is 2. The normalized spacial score (nSPS) is 15.0. The number of para-hydroxylation sites is 1. The van der Waals surface area contributed by atoms with Crippen molar-refractivity contribution in [2.24, 2.45) is 5.92 Å². The van der Waals surface area contributed by atoms with Gasteiger partial charge in [-0.05, 0) is 35.6 Å². The fourth-order valence-electron chi connectivity index (χ4n) is 3.95. The summed E-state index contributed by atoms with van der Waals surface area (Å²) in [7, 11) is 3.12. The number of hydrogen-bond acceptors (Lipinski definition) is 4. The summed E-state index contributed by atoms with van der Waals surface area (Å²) in [4.78, 5) is 15.3. The molecule has 5 heteroatoms. The highest BCUT2D eigenvalue weighted by atomic mass is 16.5. The van der Waals surface area contributed by atoms with Gasteiger partial charge in [0.15, 0.2) is 11.5 Å². The van der Waals surface area contributed by atoms with Crippen molar-refractivity contribution in [3.05, 3.63) is 59.2 Å². The summed E-state index contributed by atoms with van der Waals surface area (Å²) >= 11 is 0. The van der Waals surface area contributed by atoms with Crippen molar-refractivity contribution in [3.8, 4) is 11.5 Å². The second-order valence-corrected chi connectivity index (χ2v) is 7.55. The SMILES string of the molecule is COc1cccc(C(=O)NC[C@@H](C(C)C)N2CCc3ccccc3C2)c1OC. The molecule has 3 rings (SSSR count). The number of nitrogens with zero attached hydrogens (tertiary/aromatic N) is 1. The highest BCUT2D eigenvalue weighted by Crippen LogP contribution is 2.30. The summed E-state index contributed by atoms with van der Waals surface area (Å²) in [6, 6.07) is 14.3. The van der Waals surface area contributed by atoms with Crippen molar-refractivity contribution >= 4 is 5.91 Å². The highest BCUT2D eigenvalue weighted by Gasteiger charge is 2.26. The molecule has 0 saturated carbocycles. The molecule has 1 atom stereocenters. The van der Waals surface area contributed by atoms with Crippen LogP contribution in [0.25, 0.3) is 0 Å². The van der Waals surface area contributed by atoms with E-state index in [-0.39, 0.29) is 11.9 Å². The van der Waals surface area contributed by atoms with E-state index in [2.05, 4.69) is 48.3 Å². The average Bonchev–Trinajstić information content (AvgIpc) is 2.72. The van der Waals surface area contributed by atoms with Crippen molar-refractivity contribution < 1.29 is 14.3 Å². The van der Waals surface area contributed by atoms with Gasteiger partial charge in [-0.25, -0.2) is 0 Å². The maximum absolute atomic E-state index is 12.8. The fourth-order valence-corrected chi connectivity index (χ4v) is 3.95. The van der Waals surface area contributed by atoms with E-state index in [0.717, 1.165) is 19.5 Å². The summed E-state index contributed by atoms with van der Waals surface area (Å²) in [5.41, 5.74) is 3.32. The Morgan fingerprint density at radius 3 is 2.50 bits per heavy atom. The molecule has 1 heterocycles. The van der Waals surface area contributed by atoms with Crippen molar-refractivity contribution in [2.45, 2.75) is 32.9 Å². The third-order valence-electron chi connectivity index (χ3n) is 5.52. The first-order chi connectivity index (χ1) is 13.5. The molecule has 0 saturated heterocycles. The zero-order valence-electron chi connectivity index (χ0n) is 17.2. The van der Waals surface area contributed by atoms with Crippen LogP contribution in [0, 0.1) is 5.92 Å². The molecule has 0 aromatic heterocycles. The van der Waals surface area contributed by atoms with Crippen LogP contribution in [-0.2, 0) is 13.0 Å².